The molecule has 2 aromatic heterocycles. The first-order valence-corrected chi connectivity index (χ1v) is 11.2. The van der Waals surface area contributed by atoms with Crippen LogP contribution in [-0.2, 0) is 11.3 Å². The van der Waals surface area contributed by atoms with Gasteiger partial charge in [0, 0.05) is 49.7 Å². The largest absolute Gasteiger partial charge is 0.353 e. The van der Waals surface area contributed by atoms with Crippen LogP contribution in [0.15, 0.2) is 49.1 Å². The van der Waals surface area contributed by atoms with Crippen molar-refractivity contribution in [3.8, 4) is 5.95 Å². The number of carbonyl (C=O) groups excluding carboxylic acids is 1. The Morgan fingerprint density at radius 1 is 1.25 bits per heavy atom. The molecular formula is C24H31N7O. The second kappa shape index (κ2) is 9.91. The van der Waals surface area contributed by atoms with Crippen LogP contribution >= 0.6 is 0 Å². The van der Waals surface area contributed by atoms with E-state index in [4.69, 9.17) is 10.7 Å². The second-order valence-electron chi connectivity index (χ2n) is 8.42. The number of aromatic nitrogens is 4. The van der Waals surface area contributed by atoms with Crippen LogP contribution in [0.2, 0.25) is 0 Å². The number of imidazole rings is 1. The molecule has 1 fully saturated rings. The maximum Gasteiger partial charge on any atom is 0.237 e. The zero-order chi connectivity index (χ0) is 22.5. The number of carbonyl (C=O) groups is 1. The summed E-state index contributed by atoms with van der Waals surface area (Å²) in [5.41, 5.74) is 8.73. The number of nitrogens with zero attached hydrogens (tertiary/aromatic N) is 5. The van der Waals surface area contributed by atoms with Gasteiger partial charge in [0.05, 0.1) is 6.04 Å². The molecule has 3 aromatic rings. The van der Waals surface area contributed by atoms with Crippen molar-refractivity contribution in [2.75, 3.05) is 11.4 Å². The Labute approximate surface area is 188 Å². The van der Waals surface area contributed by atoms with Gasteiger partial charge in [0.15, 0.2) is 0 Å². The van der Waals surface area contributed by atoms with Gasteiger partial charge < -0.3 is 16.0 Å². The number of hydrogen-bond donors (Lipinski definition) is 2. The lowest BCUT2D eigenvalue weighted by molar-refractivity contribution is -0.122. The summed E-state index contributed by atoms with van der Waals surface area (Å²) in [6.45, 7) is 5.38. The maximum atomic E-state index is 12.9. The summed E-state index contributed by atoms with van der Waals surface area (Å²) < 4.78 is 1.81. The fourth-order valence-electron chi connectivity index (χ4n) is 4.23. The van der Waals surface area contributed by atoms with Crippen LogP contribution in [0.5, 0.6) is 0 Å². The number of hydrogen-bond acceptors (Lipinski definition) is 6. The van der Waals surface area contributed by atoms with E-state index in [0.717, 1.165) is 48.4 Å². The average Bonchev–Trinajstić information content (AvgIpc) is 3.34. The molecule has 0 aliphatic carbocycles. The highest BCUT2D eigenvalue weighted by Crippen LogP contribution is 2.26. The number of benzene rings is 1. The number of amides is 1. The normalized spacial score (nSPS) is 17.2. The van der Waals surface area contributed by atoms with E-state index < -0.39 is 0 Å². The van der Waals surface area contributed by atoms with Crippen LogP contribution < -0.4 is 16.0 Å². The third kappa shape index (κ3) is 5.13. The van der Waals surface area contributed by atoms with Gasteiger partial charge in [-0.15, -0.1) is 0 Å². The number of piperidine rings is 1. The smallest absolute Gasteiger partial charge is 0.237 e. The van der Waals surface area contributed by atoms with Crippen LogP contribution in [0.4, 0.5) is 5.82 Å². The van der Waals surface area contributed by atoms with Gasteiger partial charge in [-0.05, 0) is 44.2 Å². The van der Waals surface area contributed by atoms with Crippen LogP contribution in [0.25, 0.3) is 5.95 Å². The maximum absolute atomic E-state index is 12.9. The van der Waals surface area contributed by atoms with Gasteiger partial charge in [-0.25, -0.2) is 9.97 Å². The van der Waals surface area contributed by atoms with Crippen molar-refractivity contribution in [3.05, 3.63) is 65.9 Å². The summed E-state index contributed by atoms with van der Waals surface area (Å²) in [5, 5.41) is 3.16. The van der Waals surface area contributed by atoms with Crippen LogP contribution in [0.1, 0.15) is 55.5 Å². The van der Waals surface area contributed by atoms with Crippen molar-refractivity contribution in [1.29, 1.82) is 0 Å². The minimum absolute atomic E-state index is 0.0536. The lowest BCUT2D eigenvalue weighted by Crippen LogP contribution is -2.43. The Balaban J connectivity index is 1.46. The van der Waals surface area contributed by atoms with Gasteiger partial charge in [-0.1, -0.05) is 24.3 Å². The lowest BCUT2D eigenvalue weighted by Gasteiger charge is -2.36. The molecule has 168 valence electrons. The minimum Gasteiger partial charge on any atom is -0.353 e. The predicted molar refractivity (Wildman–Crippen MR) is 124 cm³/mol. The van der Waals surface area contributed by atoms with E-state index >= 15 is 0 Å². The SMILES string of the molecule is Cc1cc(N2CCCCC2CC(=O)NC(C)c2ccc(CN)cc2)nc(-n2ccnc2)n1. The highest BCUT2D eigenvalue weighted by atomic mass is 16.1. The van der Waals surface area contributed by atoms with Crippen molar-refractivity contribution in [3.63, 3.8) is 0 Å². The van der Waals surface area contributed by atoms with Crippen molar-refractivity contribution < 1.29 is 4.79 Å². The molecule has 1 saturated heterocycles. The number of nitrogens with one attached hydrogen (secondary N) is 1. The molecule has 1 aliphatic rings. The fourth-order valence-corrected chi connectivity index (χ4v) is 4.23. The molecule has 4 rings (SSSR count). The molecule has 0 saturated carbocycles. The van der Waals surface area contributed by atoms with Gasteiger partial charge in [0.1, 0.15) is 12.1 Å². The van der Waals surface area contributed by atoms with E-state index in [2.05, 4.69) is 20.2 Å². The molecule has 1 amide bonds. The first-order chi connectivity index (χ1) is 15.5. The van der Waals surface area contributed by atoms with Gasteiger partial charge in [0.2, 0.25) is 11.9 Å². The molecule has 0 bridgehead atoms. The molecule has 2 atom stereocenters. The Kier molecular flexibility index (Phi) is 6.80. The van der Waals surface area contributed by atoms with Crippen LogP contribution in [0, 0.1) is 6.92 Å². The molecule has 0 radical (unpaired) electrons. The van der Waals surface area contributed by atoms with E-state index in [0.29, 0.717) is 18.9 Å². The number of nitrogens with two attached hydrogens (primary N) is 1. The highest BCUT2D eigenvalue weighted by molar-refractivity contribution is 5.77. The molecule has 8 heteroatoms. The van der Waals surface area contributed by atoms with Gasteiger partial charge >= 0.3 is 0 Å². The van der Waals surface area contributed by atoms with Gasteiger partial charge in [-0.3, -0.25) is 9.36 Å². The molecule has 3 heterocycles. The fraction of sp³-hybridized carbons (Fsp3) is 0.417. The van der Waals surface area contributed by atoms with Crippen molar-refractivity contribution in [2.45, 2.75) is 58.2 Å². The first-order valence-electron chi connectivity index (χ1n) is 11.2. The second-order valence-corrected chi connectivity index (χ2v) is 8.42. The monoisotopic (exact) mass is 433 g/mol. The molecular weight excluding hydrogens is 402 g/mol. The van der Waals surface area contributed by atoms with Gasteiger partial charge in [-0.2, -0.15) is 4.98 Å². The first kappa shape index (κ1) is 22.0. The summed E-state index contributed by atoms with van der Waals surface area (Å²) in [6, 6.07) is 10.1. The number of anilines is 1. The minimum atomic E-state index is -0.0551. The number of aryl methyl sites for hydroxylation is 1. The third-order valence-electron chi connectivity index (χ3n) is 6.00. The lowest BCUT2D eigenvalue weighted by atomic mass is 9.98. The molecule has 32 heavy (non-hydrogen) atoms. The Hall–Kier alpha value is -3.26. The molecule has 0 spiro atoms. The zero-order valence-corrected chi connectivity index (χ0v) is 18.7. The summed E-state index contributed by atoms with van der Waals surface area (Å²) in [7, 11) is 0. The average molecular weight is 434 g/mol. The standard InChI is InChI=1S/C24H31N7O/c1-17-13-22(29-24(27-17)30-12-10-26-16-30)31-11-4-3-5-21(31)14-23(32)28-18(2)20-8-6-19(15-25)7-9-20/h6-10,12-13,16,18,21H,3-5,11,14-15,25H2,1-2H3,(H,28,32). The van der Waals surface area contributed by atoms with Crippen LogP contribution in [-0.4, -0.2) is 38.0 Å². The van der Waals surface area contributed by atoms with Crippen molar-refractivity contribution >= 4 is 11.7 Å². The summed E-state index contributed by atoms with van der Waals surface area (Å²) >= 11 is 0. The van der Waals surface area contributed by atoms with Crippen molar-refractivity contribution in [2.24, 2.45) is 5.73 Å². The Morgan fingerprint density at radius 3 is 2.78 bits per heavy atom. The molecule has 3 N–H and O–H groups in total. The molecule has 1 aromatic carbocycles. The van der Waals surface area contributed by atoms with Crippen molar-refractivity contribution in [1.82, 2.24) is 24.8 Å². The van der Waals surface area contributed by atoms with Gasteiger partial charge in [0.25, 0.3) is 0 Å². The summed E-state index contributed by atoms with van der Waals surface area (Å²) in [6.07, 6.45) is 8.85. The number of rotatable bonds is 7. The summed E-state index contributed by atoms with van der Waals surface area (Å²) in [4.78, 5) is 28.6. The summed E-state index contributed by atoms with van der Waals surface area (Å²) in [5.74, 6) is 1.52. The molecule has 2 unspecified atom stereocenters. The topological polar surface area (TPSA) is 102 Å². The molecule has 8 nitrogen and oxygen atoms in total. The van der Waals surface area contributed by atoms with E-state index in [1.54, 1.807) is 17.1 Å². The quantitative estimate of drug-likeness (QED) is 0.594. The highest BCUT2D eigenvalue weighted by Gasteiger charge is 2.27. The predicted octanol–water partition coefficient (Wildman–Crippen LogP) is 3.06. The van der Waals surface area contributed by atoms with E-state index in [1.807, 2.05) is 50.4 Å². The zero-order valence-electron chi connectivity index (χ0n) is 18.7. The van der Waals surface area contributed by atoms with Crippen LogP contribution in [0.3, 0.4) is 0 Å². The van der Waals surface area contributed by atoms with E-state index in [1.165, 1.54) is 0 Å². The van der Waals surface area contributed by atoms with E-state index in [9.17, 15) is 4.79 Å². The Bertz CT molecular complexity index is 1030. The Morgan fingerprint density at radius 2 is 2.06 bits per heavy atom. The molecule has 1 aliphatic heterocycles. The van der Waals surface area contributed by atoms with E-state index in [-0.39, 0.29) is 18.0 Å². The third-order valence-corrected chi connectivity index (χ3v) is 6.00.